The van der Waals surface area contributed by atoms with E-state index in [-0.39, 0.29) is 5.91 Å². The average Bonchev–Trinajstić information content (AvgIpc) is 3.09. The van der Waals surface area contributed by atoms with Gasteiger partial charge in [-0.05, 0) is 25.1 Å². The number of aromatic nitrogens is 2. The summed E-state index contributed by atoms with van der Waals surface area (Å²) in [7, 11) is 0. The summed E-state index contributed by atoms with van der Waals surface area (Å²) in [6.45, 7) is 6.46. The number of carbonyl (C=O) groups excluding carboxylic acids is 1. The minimum absolute atomic E-state index is 0.107. The fourth-order valence-corrected chi connectivity index (χ4v) is 3.64. The number of aryl methyl sites for hydroxylation is 1. The Morgan fingerprint density at radius 2 is 1.82 bits per heavy atom. The Bertz CT molecular complexity index is 857. The van der Waals surface area contributed by atoms with Crippen molar-refractivity contribution in [3.63, 3.8) is 0 Å². The number of carbonyl (C=O) groups is 1. The minimum Gasteiger partial charge on any atom is -0.356 e. The third-order valence-electron chi connectivity index (χ3n) is 4.94. The van der Waals surface area contributed by atoms with E-state index in [0.717, 1.165) is 48.8 Å². The lowest BCUT2D eigenvalue weighted by Gasteiger charge is -2.38. The summed E-state index contributed by atoms with van der Waals surface area (Å²) in [5.74, 6) is 0.915. The molecule has 0 radical (unpaired) electrons. The lowest BCUT2D eigenvalue weighted by atomic mass is 10.0. The van der Waals surface area contributed by atoms with E-state index in [0.29, 0.717) is 19.2 Å². The second-order valence-electron chi connectivity index (χ2n) is 7.17. The molecule has 8 nitrogen and oxygen atoms in total. The van der Waals surface area contributed by atoms with Gasteiger partial charge in [0.2, 0.25) is 11.9 Å². The Labute approximate surface area is 164 Å². The Kier molecular flexibility index (Phi) is 5.15. The van der Waals surface area contributed by atoms with Gasteiger partial charge in [0.25, 0.3) is 0 Å². The fraction of sp³-hybridized carbons (Fsp3) is 0.450. The maximum absolute atomic E-state index is 11.3. The third kappa shape index (κ3) is 4.23. The predicted molar refractivity (Wildman–Crippen MR) is 107 cm³/mol. The molecule has 0 unspecified atom stereocenters. The van der Waals surface area contributed by atoms with Crippen LogP contribution >= 0.6 is 0 Å². The van der Waals surface area contributed by atoms with Crippen LogP contribution in [0.4, 0.5) is 23.1 Å². The summed E-state index contributed by atoms with van der Waals surface area (Å²) in [6.07, 6.45) is 1.66. The van der Waals surface area contributed by atoms with Gasteiger partial charge in [-0.2, -0.15) is 4.98 Å². The van der Waals surface area contributed by atoms with Gasteiger partial charge in [0.05, 0.1) is 13.2 Å². The summed E-state index contributed by atoms with van der Waals surface area (Å²) in [5, 5.41) is 6.01. The van der Waals surface area contributed by atoms with Crippen LogP contribution in [0.3, 0.4) is 0 Å². The van der Waals surface area contributed by atoms with Crippen molar-refractivity contribution in [3.05, 3.63) is 36.0 Å². The molecule has 2 aliphatic rings. The first kappa shape index (κ1) is 18.6. The maximum Gasteiger partial charge on any atom is 0.229 e. The van der Waals surface area contributed by atoms with Crippen molar-refractivity contribution in [2.24, 2.45) is 0 Å². The summed E-state index contributed by atoms with van der Waals surface area (Å²) in [5.41, 5.74) is 2.43. The van der Waals surface area contributed by atoms with Gasteiger partial charge >= 0.3 is 0 Å². The molecular formula is C20H25N5O3. The van der Waals surface area contributed by atoms with Crippen molar-refractivity contribution in [2.75, 3.05) is 41.8 Å². The molecular weight excluding hydrogens is 358 g/mol. The monoisotopic (exact) mass is 383 g/mol. The van der Waals surface area contributed by atoms with Gasteiger partial charge in [0.15, 0.2) is 5.79 Å². The van der Waals surface area contributed by atoms with Crippen LogP contribution in [0.5, 0.6) is 0 Å². The number of nitrogens with one attached hydrogen (secondary N) is 2. The van der Waals surface area contributed by atoms with Crippen LogP contribution in [0.1, 0.15) is 25.5 Å². The molecule has 4 rings (SSSR count). The number of nitrogens with zero attached hydrogens (tertiary/aromatic N) is 3. The number of ether oxygens (including phenoxy) is 2. The quantitative estimate of drug-likeness (QED) is 0.839. The van der Waals surface area contributed by atoms with Crippen molar-refractivity contribution in [1.82, 2.24) is 9.97 Å². The number of hydrogen-bond donors (Lipinski definition) is 2. The van der Waals surface area contributed by atoms with Gasteiger partial charge in [-0.15, -0.1) is 0 Å². The molecule has 28 heavy (non-hydrogen) atoms. The zero-order chi connectivity index (χ0) is 19.6. The van der Waals surface area contributed by atoms with E-state index in [1.165, 1.54) is 6.92 Å². The molecule has 0 bridgehead atoms. The highest BCUT2D eigenvalue weighted by Crippen LogP contribution is 2.33. The van der Waals surface area contributed by atoms with E-state index in [1.54, 1.807) is 0 Å². The summed E-state index contributed by atoms with van der Waals surface area (Å²) in [6, 6.07) is 9.47. The lowest BCUT2D eigenvalue weighted by molar-refractivity contribution is -0.169. The van der Waals surface area contributed by atoms with Crippen LogP contribution in [0.15, 0.2) is 30.3 Å². The van der Waals surface area contributed by atoms with Crippen molar-refractivity contribution < 1.29 is 14.3 Å². The molecule has 0 aliphatic carbocycles. The van der Waals surface area contributed by atoms with Gasteiger partial charge in [-0.25, -0.2) is 4.98 Å². The second-order valence-corrected chi connectivity index (χ2v) is 7.17. The molecule has 2 aromatic rings. The molecule has 1 spiro atoms. The Hall–Kier alpha value is -2.71. The molecule has 2 N–H and O–H groups in total. The average molecular weight is 383 g/mol. The van der Waals surface area contributed by atoms with Gasteiger partial charge < -0.3 is 25.0 Å². The fourth-order valence-electron chi connectivity index (χ4n) is 3.64. The molecule has 148 valence electrons. The highest BCUT2D eigenvalue weighted by molar-refractivity contribution is 5.89. The minimum atomic E-state index is -0.399. The normalized spacial score (nSPS) is 18.3. The standard InChI is InChI=1S/C20H25N5O3/c1-14-12-18(25-8-6-20(7-9-25)27-10-11-28-20)24-19(21-14)23-17-5-3-4-16(13-17)22-15(2)26/h3-5,12-13H,6-11H2,1-2H3,(H,22,26)(H,21,23,24). The van der Waals surface area contributed by atoms with Crippen molar-refractivity contribution >= 4 is 29.0 Å². The van der Waals surface area contributed by atoms with E-state index >= 15 is 0 Å². The van der Waals surface area contributed by atoms with E-state index in [2.05, 4.69) is 20.5 Å². The van der Waals surface area contributed by atoms with Crippen LogP contribution < -0.4 is 15.5 Å². The van der Waals surface area contributed by atoms with Crippen molar-refractivity contribution in [3.8, 4) is 0 Å². The number of piperidine rings is 1. The van der Waals surface area contributed by atoms with Crippen LogP contribution in [0, 0.1) is 6.92 Å². The highest BCUT2D eigenvalue weighted by atomic mass is 16.7. The van der Waals surface area contributed by atoms with Gasteiger partial charge in [0, 0.05) is 56.0 Å². The molecule has 0 atom stereocenters. The van der Waals surface area contributed by atoms with E-state index in [1.807, 2.05) is 37.3 Å². The van der Waals surface area contributed by atoms with Crippen LogP contribution in [0.2, 0.25) is 0 Å². The number of hydrogen-bond acceptors (Lipinski definition) is 7. The molecule has 2 fully saturated rings. The summed E-state index contributed by atoms with van der Waals surface area (Å²) >= 11 is 0. The molecule has 3 heterocycles. The Morgan fingerprint density at radius 1 is 1.11 bits per heavy atom. The molecule has 0 saturated carbocycles. The molecule has 1 amide bonds. The predicted octanol–water partition coefficient (Wildman–Crippen LogP) is 2.83. The Morgan fingerprint density at radius 3 is 2.54 bits per heavy atom. The van der Waals surface area contributed by atoms with Crippen LogP contribution in [0.25, 0.3) is 0 Å². The maximum atomic E-state index is 11.3. The van der Waals surface area contributed by atoms with Crippen LogP contribution in [-0.4, -0.2) is 48.0 Å². The van der Waals surface area contributed by atoms with Gasteiger partial charge in [-0.1, -0.05) is 6.07 Å². The zero-order valence-corrected chi connectivity index (χ0v) is 16.2. The van der Waals surface area contributed by atoms with Crippen LogP contribution in [-0.2, 0) is 14.3 Å². The molecule has 2 aliphatic heterocycles. The number of benzene rings is 1. The molecule has 8 heteroatoms. The van der Waals surface area contributed by atoms with E-state index < -0.39 is 5.79 Å². The van der Waals surface area contributed by atoms with E-state index in [4.69, 9.17) is 14.5 Å². The number of anilines is 4. The van der Waals surface area contributed by atoms with E-state index in [9.17, 15) is 4.79 Å². The van der Waals surface area contributed by atoms with Crippen molar-refractivity contribution in [2.45, 2.75) is 32.5 Å². The zero-order valence-electron chi connectivity index (χ0n) is 16.2. The summed E-state index contributed by atoms with van der Waals surface area (Å²) in [4.78, 5) is 22.7. The highest BCUT2D eigenvalue weighted by Gasteiger charge is 2.40. The lowest BCUT2D eigenvalue weighted by Crippen LogP contribution is -2.45. The SMILES string of the molecule is CC(=O)Nc1cccc(Nc2nc(C)cc(N3CCC4(CC3)OCCO4)n2)c1. The number of rotatable bonds is 4. The van der Waals surface area contributed by atoms with Gasteiger partial charge in [0.1, 0.15) is 5.82 Å². The first-order valence-corrected chi connectivity index (χ1v) is 9.55. The summed E-state index contributed by atoms with van der Waals surface area (Å²) < 4.78 is 11.6. The largest absolute Gasteiger partial charge is 0.356 e. The van der Waals surface area contributed by atoms with Gasteiger partial charge in [-0.3, -0.25) is 4.79 Å². The molecule has 1 aromatic carbocycles. The second kappa shape index (κ2) is 7.73. The third-order valence-corrected chi connectivity index (χ3v) is 4.94. The first-order valence-electron chi connectivity index (χ1n) is 9.55. The first-order chi connectivity index (χ1) is 13.5. The molecule has 2 saturated heterocycles. The van der Waals surface area contributed by atoms with Crippen molar-refractivity contribution in [1.29, 1.82) is 0 Å². The topological polar surface area (TPSA) is 88.6 Å². The number of amides is 1. The molecule has 1 aromatic heterocycles. The Balaban J connectivity index is 1.48. The smallest absolute Gasteiger partial charge is 0.229 e.